The number of hydrogen-bond donors (Lipinski definition) is 0. The molecule has 1 aromatic heterocycles. The Morgan fingerprint density at radius 1 is 1.33 bits per heavy atom. The molecule has 1 aliphatic rings. The van der Waals surface area contributed by atoms with Gasteiger partial charge in [0.25, 0.3) is 0 Å². The molecule has 0 atom stereocenters. The van der Waals surface area contributed by atoms with Gasteiger partial charge in [0, 0.05) is 24.7 Å². The van der Waals surface area contributed by atoms with Crippen LogP contribution in [0.4, 0.5) is 4.39 Å². The van der Waals surface area contributed by atoms with Crippen molar-refractivity contribution >= 4 is 27.1 Å². The van der Waals surface area contributed by atoms with Gasteiger partial charge in [0.05, 0.1) is 0 Å². The number of carbonyl (C=O) groups excluding carboxylic acids is 1. The molecule has 5 nitrogen and oxygen atoms in total. The van der Waals surface area contributed by atoms with Crippen LogP contribution < -0.4 is 0 Å². The Labute approximate surface area is 125 Å². The highest BCUT2D eigenvalue weighted by atomic mass is 32.2. The lowest BCUT2D eigenvalue weighted by Gasteiger charge is -2.14. The third-order valence-electron chi connectivity index (χ3n) is 3.23. The minimum Gasteiger partial charge on any atom is -0.333 e. The van der Waals surface area contributed by atoms with E-state index in [1.54, 1.807) is 11.4 Å². The summed E-state index contributed by atoms with van der Waals surface area (Å²) in [6, 6.07) is 4.32. The molecule has 8 heteroatoms. The standard InChI is InChI=1S/C13H11FN2O3S2/c14-11-2-1-9-6-16(7-10(9)5-11)12(17)8-21(18,19)13-15-3-4-20-13/h1-5H,6-8H2. The number of fused-ring (bicyclic) bond motifs is 1. The van der Waals surface area contributed by atoms with Gasteiger partial charge in [0.15, 0.2) is 0 Å². The highest BCUT2D eigenvalue weighted by Gasteiger charge is 2.29. The number of benzene rings is 1. The number of nitrogens with zero attached hydrogens (tertiary/aromatic N) is 2. The largest absolute Gasteiger partial charge is 0.333 e. The molecule has 1 amide bonds. The van der Waals surface area contributed by atoms with Gasteiger partial charge in [-0.1, -0.05) is 6.07 Å². The fraction of sp³-hybridized carbons (Fsp3) is 0.231. The molecule has 0 spiro atoms. The molecule has 0 radical (unpaired) electrons. The van der Waals surface area contributed by atoms with Gasteiger partial charge in [0.2, 0.25) is 20.1 Å². The SMILES string of the molecule is O=C(CS(=O)(=O)c1nccs1)N1Cc2ccc(F)cc2C1. The second-order valence-electron chi connectivity index (χ2n) is 4.72. The van der Waals surface area contributed by atoms with Crippen molar-refractivity contribution in [2.45, 2.75) is 17.4 Å². The van der Waals surface area contributed by atoms with Crippen molar-refractivity contribution in [2.24, 2.45) is 0 Å². The van der Waals surface area contributed by atoms with Crippen molar-refractivity contribution < 1.29 is 17.6 Å². The Kier molecular flexibility index (Phi) is 3.50. The first kappa shape index (κ1) is 14.2. The predicted molar refractivity (Wildman–Crippen MR) is 74.8 cm³/mol. The van der Waals surface area contributed by atoms with E-state index < -0.39 is 21.5 Å². The molecular formula is C13H11FN2O3S2. The van der Waals surface area contributed by atoms with Crippen molar-refractivity contribution in [1.82, 2.24) is 9.88 Å². The average Bonchev–Trinajstić information content (AvgIpc) is 3.07. The van der Waals surface area contributed by atoms with Crippen molar-refractivity contribution in [3.63, 3.8) is 0 Å². The highest BCUT2D eigenvalue weighted by Crippen LogP contribution is 2.24. The third-order valence-corrected chi connectivity index (χ3v) is 6.11. The van der Waals surface area contributed by atoms with Gasteiger partial charge >= 0.3 is 0 Å². The van der Waals surface area contributed by atoms with Crippen LogP contribution in [0.1, 0.15) is 11.1 Å². The fourth-order valence-electron chi connectivity index (χ4n) is 2.22. The van der Waals surface area contributed by atoms with Gasteiger partial charge < -0.3 is 4.90 Å². The van der Waals surface area contributed by atoms with Crippen molar-refractivity contribution in [1.29, 1.82) is 0 Å². The molecule has 3 rings (SSSR count). The van der Waals surface area contributed by atoms with Crippen LogP contribution in [0.15, 0.2) is 34.1 Å². The number of amides is 1. The number of halogens is 1. The second-order valence-corrected chi connectivity index (χ2v) is 7.78. The van der Waals surface area contributed by atoms with E-state index in [4.69, 9.17) is 0 Å². The van der Waals surface area contributed by atoms with Crippen LogP contribution in [-0.2, 0) is 27.7 Å². The summed E-state index contributed by atoms with van der Waals surface area (Å²) in [5.74, 6) is -1.47. The molecule has 1 aliphatic heterocycles. The lowest BCUT2D eigenvalue weighted by Crippen LogP contribution is -2.31. The van der Waals surface area contributed by atoms with E-state index >= 15 is 0 Å². The Morgan fingerprint density at radius 2 is 2.10 bits per heavy atom. The normalized spacial score (nSPS) is 14.2. The zero-order valence-electron chi connectivity index (χ0n) is 10.8. The molecule has 2 heterocycles. The molecule has 0 aliphatic carbocycles. The second kappa shape index (κ2) is 5.19. The third kappa shape index (κ3) is 2.81. The van der Waals surface area contributed by atoms with E-state index in [1.165, 1.54) is 23.2 Å². The van der Waals surface area contributed by atoms with Crippen LogP contribution in [-0.4, -0.2) is 30.0 Å². The molecule has 0 unspecified atom stereocenters. The Hall–Kier alpha value is -1.80. The summed E-state index contributed by atoms with van der Waals surface area (Å²) in [5, 5.41) is 1.55. The van der Waals surface area contributed by atoms with Gasteiger partial charge in [-0.3, -0.25) is 4.79 Å². The molecule has 0 saturated carbocycles. The topological polar surface area (TPSA) is 67.3 Å². The Bertz CT molecular complexity index is 788. The number of hydrogen-bond acceptors (Lipinski definition) is 5. The van der Waals surface area contributed by atoms with E-state index in [2.05, 4.69) is 4.98 Å². The molecule has 110 valence electrons. The summed E-state index contributed by atoms with van der Waals surface area (Å²) >= 11 is 0.984. The monoisotopic (exact) mass is 326 g/mol. The summed E-state index contributed by atoms with van der Waals surface area (Å²) in [5.41, 5.74) is 1.56. The number of sulfone groups is 1. The molecule has 2 aromatic rings. The minimum absolute atomic E-state index is 0.0568. The smallest absolute Gasteiger partial charge is 0.238 e. The lowest BCUT2D eigenvalue weighted by atomic mass is 10.1. The molecule has 1 aromatic carbocycles. The molecule has 21 heavy (non-hydrogen) atoms. The summed E-state index contributed by atoms with van der Waals surface area (Å²) in [6.45, 7) is 0.543. The molecule has 0 saturated heterocycles. The van der Waals surface area contributed by atoms with E-state index in [0.29, 0.717) is 6.54 Å². The van der Waals surface area contributed by atoms with Gasteiger partial charge in [-0.15, -0.1) is 11.3 Å². The maximum Gasteiger partial charge on any atom is 0.238 e. The predicted octanol–water partition coefficient (Wildman–Crippen LogP) is 1.60. The summed E-state index contributed by atoms with van der Waals surface area (Å²) in [6.07, 6.45) is 1.39. The Morgan fingerprint density at radius 3 is 2.81 bits per heavy atom. The van der Waals surface area contributed by atoms with Gasteiger partial charge in [-0.25, -0.2) is 17.8 Å². The zero-order chi connectivity index (χ0) is 15.0. The summed E-state index contributed by atoms with van der Waals surface area (Å²) in [7, 11) is -3.71. The van der Waals surface area contributed by atoms with Crippen molar-refractivity contribution in [3.8, 4) is 0 Å². The number of carbonyl (C=O) groups is 1. The number of aromatic nitrogens is 1. The minimum atomic E-state index is -3.71. The first-order chi connectivity index (χ1) is 9.95. The quantitative estimate of drug-likeness (QED) is 0.859. The highest BCUT2D eigenvalue weighted by molar-refractivity contribution is 7.93. The van der Waals surface area contributed by atoms with E-state index in [0.717, 1.165) is 22.5 Å². The van der Waals surface area contributed by atoms with E-state index in [9.17, 15) is 17.6 Å². The Balaban J connectivity index is 1.74. The van der Waals surface area contributed by atoms with Crippen LogP contribution in [0.25, 0.3) is 0 Å². The van der Waals surface area contributed by atoms with Gasteiger partial charge in [-0.2, -0.15) is 0 Å². The summed E-state index contributed by atoms with van der Waals surface area (Å²) < 4.78 is 37.1. The molecular weight excluding hydrogens is 315 g/mol. The molecule has 0 N–H and O–H groups in total. The van der Waals surface area contributed by atoms with Crippen LogP contribution >= 0.6 is 11.3 Å². The van der Waals surface area contributed by atoms with Crippen molar-refractivity contribution in [2.75, 3.05) is 5.75 Å². The first-order valence-corrected chi connectivity index (χ1v) is 8.66. The maximum atomic E-state index is 13.1. The van der Waals surface area contributed by atoms with Gasteiger partial charge in [-0.05, 0) is 23.3 Å². The van der Waals surface area contributed by atoms with Gasteiger partial charge in [0.1, 0.15) is 11.6 Å². The number of thiazole rings is 1. The van der Waals surface area contributed by atoms with Crippen LogP contribution in [0.2, 0.25) is 0 Å². The summed E-state index contributed by atoms with van der Waals surface area (Å²) in [4.78, 5) is 17.3. The van der Waals surface area contributed by atoms with Crippen LogP contribution in [0, 0.1) is 5.82 Å². The first-order valence-electron chi connectivity index (χ1n) is 6.13. The fourth-order valence-corrected chi connectivity index (χ4v) is 4.36. The van der Waals surface area contributed by atoms with E-state index in [-0.39, 0.29) is 16.7 Å². The van der Waals surface area contributed by atoms with Crippen molar-refractivity contribution in [3.05, 3.63) is 46.7 Å². The molecule has 0 fully saturated rings. The average molecular weight is 326 g/mol. The van der Waals surface area contributed by atoms with E-state index in [1.807, 2.05) is 0 Å². The molecule has 0 bridgehead atoms. The number of rotatable bonds is 3. The lowest BCUT2D eigenvalue weighted by molar-refractivity contribution is -0.129. The maximum absolute atomic E-state index is 13.1. The van der Waals surface area contributed by atoms with Crippen LogP contribution in [0.3, 0.4) is 0 Å². The zero-order valence-corrected chi connectivity index (χ0v) is 12.5. The van der Waals surface area contributed by atoms with Crippen LogP contribution in [0.5, 0.6) is 0 Å².